The van der Waals surface area contributed by atoms with Crippen LogP contribution in [0.2, 0.25) is 19.6 Å². The fraction of sp³-hybridized carbons (Fsp3) is 0.294. The Morgan fingerprint density at radius 2 is 1.52 bits per heavy atom. The van der Waals surface area contributed by atoms with Crippen molar-refractivity contribution < 1.29 is 0 Å². The Balaban J connectivity index is 2.61. The Morgan fingerprint density at radius 1 is 0.952 bits per heavy atom. The number of hydrogen-bond donors (Lipinski definition) is 0. The molecule has 0 bridgehead atoms. The van der Waals surface area contributed by atoms with Gasteiger partial charge < -0.3 is 0 Å². The Bertz CT molecular complexity index is 597. The van der Waals surface area contributed by atoms with E-state index in [9.17, 15) is 0 Å². The summed E-state index contributed by atoms with van der Waals surface area (Å²) in [4.78, 5) is 0. The smallest absolute Gasteiger partial charge is 0.0841 e. The van der Waals surface area contributed by atoms with Crippen molar-refractivity contribution in [1.29, 1.82) is 0 Å². The van der Waals surface area contributed by atoms with Gasteiger partial charge in [0.2, 0.25) is 0 Å². The molecule has 2 rings (SSSR count). The third-order valence-corrected chi connectivity index (χ3v) is 12.4. The van der Waals surface area contributed by atoms with Crippen LogP contribution in [0.5, 0.6) is 0 Å². The van der Waals surface area contributed by atoms with Gasteiger partial charge in [0.05, 0.1) is 13.4 Å². The first-order valence-electron chi connectivity index (χ1n) is 7.23. The average Bonchev–Trinajstić information content (AvgIpc) is 2.46. The van der Waals surface area contributed by atoms with Gasteiger partial charge in [-0.05, 0) is 18.2 Å². The zero-order chi connectivity index (χ0) is 15.5. The average molecular weight is 376 g/mol. The van der Waals surface area contributed by atoms with Crippen LogP contribution in [0.3, 0.4) is 0 Å². The van der Waals surface area contributed by atoms with Crippen molar-refractivity contribution in [2.45, 2.75) is 25.0 Å². The Morgan fingerprint density at radius 3 is 2.10 bits per heavy atom. The van der Waals surface area contributed by atoms with Gasteiger partial charge in [0.15, 0.2) is 0 Å². The first-order chi connectivity index (χ1) is 9.87. The maximum absolute atomic E-state index is 7.13. The van der Waals surface area contributed by atoms with E-state index in [1.807, 2.05) is 0 Å². The van der Waals surface area contributed by atoms with E-state index in [2.05, 4.69) is 90.2 Å². The molecule has 3 radical (unpaired) electrons. The Hall–Kier alpha value is -0.368. The lowest BCUT2D eigenvalue weighted by Gasteiger charge is -2.42. The van der Waals surface area contributed by atoms with Crippen LogP contribution in [0.15, 0.2) is 54.6 Å². The van der Waals surface area contributed by atoms with E-state index in [4.69, 9.17) is 7.57 Å². The highest BCUT2D eigenvalue weighted by Crippen LogP contribution is 2.54. The van der Waals surface area contributed by atoms with E-state index in [0.717, 1.165) is 11.1 Å². The molecule has 0 saturated carbocycles. The number of benzene rings is 2. The first kappa shape index (κ1) is 17.0. The molecule has 0 aliphatic carbocycles. The molecule has 0 aromatic heterocycles. The summed E-state index contributed by atoms with van der Waals surface area (Å²) >= 11 is 3.63. The fourth-order valence-corrected chi connectivity index (χ4v) is 12.9. The molecular formula is C17H22BBrPSi. The summed E-state index contributed by atoms with van der Waals surface area (Å²) in [7, 11) is 4.03. The van der Waals surface area contributed by atoms with Gasteiger partial charge in [-0.2, -0.15) is 7.14 Å². The minimum absolute atomic E-state index is 0.862. The highest BCUT2D eigenvalue weighted by molar-refractivity contribution is 9.08. The van der Waals surface area contributed by atoms with Crippen molar-refractivity contribution in [2.24, 2.45) is 0 Å². The quantitative estimate of drug-likeness (QED) is 0.409. The topological polar surface area (TPSA) is 0 Å². The van der Waals surface area contributed by atoms with Gasteiger partial charge in [0, 0.05) is 22.0 Å². The molecule has 0 N–H and O–H groups in total. The normalized spacial score (nSPS) is 14.7. The van der Waals surface area contributed by atoms with Crippen LogP contribution in [-0.4, -0.2) is 21.4 Å². The van der Waals surface area contributed by atoms with Gasteiger partial charge in [-0.3, -0.25) is 7.57 Å². The maximum Gasteiger partial charge on any atom is 0.0841 e. The number of alkyl halides is 1. The van der Waals surface area contributed by atoms with Gasteiger partial charge >= 0.3 is 0 Å². The van der Waals surface area contributed by atoms with Crippen molar-refractivity contribution >= 4 is 49.3 Å². The van der Waals surface area contributed by atoms with Crippen LogP contribution in [-0.2, 0) is 5.33 Å². The lowest BCUT2D eigenvalue weighted by atomic mass is 10.2. The molecule has 0 amide bonds. The van der Waals surface area contributed by atoms with Crippen LogP contribution in [0, 0.1) is 0 Å². The lowest BCUT2D eigenvalue weighted by Crippen LogP contribution is -2.37. The second-order valence-corrected chi connectivity index (χ2v) is 16.4. The second-order valence-electron chi connectivity index (χ2n) is 6.69. The molecule has 0 nitrogen and oxygen atoms in total. The fourth-order valence-electron chi connectivity index (χ4n) is 2.77. The highest BCUT2D eigenvalue weighted by Gasteiger charge is 2.32. The van der Waals surface area contributed by atoms with Crippen molar-refractivity contribution in [2.75, 3.05) is 5.79 Å². The van der Waals surface area contributed by atoms with E-state index in [1.165, 1.54) is 16.2 Å². The van der Waals surface area contributed by atoms with Crippen molar-refractivity contribution in [3.63, 3.8) is 0 Å². The van der Waals surface area contributed by atoms with Crippen LogP contribution in [0.25, 0.3) is 0 Å². The van der Waals surface area contributed by atoms with E-state index in [0.29, 0.717) is 0 Å². The van der Waals surface area contributed by atoms with E-state index in [1.54, 1.807) is 0 Å². The zero-order valence-electron chi connectivity index (χ0n) is 13.0. The molecule has 0 heterocycles. The molecule has 2 aromatic rings. The van der Waals surface area contributed by atoms with Gasteiger partial charge in [-0.1, -0.05) is 72.0 Å². The molecule has 2 aromatic carbocycles. The van der Waals surface area contributed by atoms with Crippen LogP contribution in [0.4, 0.5) is 0 Å². The summed E-state index contributed by atoms with van der Waals surface area (Å²) in [6.07, 6.45) is 0. The molecular weight excluding hydrogens is 354 g/mol. The van der Waals surface area contributed by atoms with Crippen molar-refractivity contribution in [3.05, 3.63) is 60.2 Å². The first-order valence-corrected chi connectivity index (χ1v) is 14.1. The van der Waals surface area contributed by atoms with Gasteiger partial charge in [0.25, 0.3) is 0 Å². The Labute approximate surface area is 140 Å². The van der Waals surface area contributed by atoms with Gasteiger partial charge in [0.1, 0.15) is 0 Å². The minimum Gasteiger partial charge on any atom is -0.292 e. The van der Waals surface area contributed by atoms with Crippen LogP contribution in [0.1, 0.15) is 5.56 Å². The predicted octanol–water partition coefficient (Wildman–Crippen LogP) is 4.51. The molecule has 0 spiro atoms. The Kier molecular flexibility index (Phi) is 5.51. The molecule has 0 aliphatic heterocycles. The summed E-state index contributed by atoms with van der Waals surface area (Å²) in [6.45, 7) is 7.23. The van der Waals surface area contributed by atoms with Crippen LogP contribution < -0.4 is 10.6 Å². The molecule has 21 heavy (non-hydrogen) atoms. The molecule has 0 saturated heterocycles. The minimum atomic E-state index is -1.82. The molecule has 1 unspecified atom stereocenters. The largest absolute Gasteiger partial charge is 0.292 e. The number of halogens is 1. The van der Waals surface area contributed by atoms with Crippen LogP contribution >= 0.6 is 23.1 Å². The molecule has 0 aliphatic rings. The zero-order valence-corrected chi connectivity index (χ0v) is 16.5. The molecule has 1 atom stereocenters. The summed E-state index contributed by atoms with van der Waals surface area (Å²) in [5.41, 5.74) is 1.33. The van der Waals surface area contributed by atoms with Gasteiger partial charge in [-0.25, -0.2) is 0 Å². The molecule has 109 valence electrons. The predicted molar refractivity (Wildman–Crippen MR) is 106 cm³/mol. The lowest BCUT2D eigenvalue weighted by molar-refractivity contribution is 1.47. The summed E-state index contributed by atoms with van der Waals surface area (Å²) in [5, 5.41) is 3.54. The molecule has 4 heteroatoms. The maximum atomic E-state index is 7.13. The SMILES string of the molecule is [B-][P+](C[Si](C)(C)C)(c1ccccc1)c1ccccc1CBr. The number of rotatable bonds is 5. The summed E-state index contributed by atoms with van der Waals surface area (Å²) in [5.74, 6) is 1.15. The highest BCUT2D eigenvalue weighted by atomic mass is 79.9. The van der Waals surface area contributed by atoms with E-state index >= 15 is 0 Å². The second kappa shape index (κ2) is 6.81. The van der Waals surface area contributed by atoms with E-state index < -0.39 is 15.2 Å². The number of hydrogen-bond acceptors (Lipinski definition) is 0. The third kappa shape index (κ3) is 4.09. The van der Waals surface area contributed by atoms with Crippen molar-refractivity contribution in [1.82, 2.24) is 0 Å². The third-order valence-electron chi connectivity index (χ3n) is 3.51. The van der Waals surface area contributed by atoms with Gasteiger partial charge in [-0.15, -0.1) is 0 Å². The monoisotopic (exact) mass is 375 g/mol. The summed E-state index contributed by atoms with van der Waals surface area (Å²) < 4.78 is 0. The van der Waals surface area contributed by atoms with Crippen molar-refractivity contribution in [3.8, 4) is 0 Å². The summed E-state index contributed by atoms with van der Waals surface area (Å²) in [6, 6.07) is 19.4. The van der Waals surface area contributed by atoms with E-state index in [-0.39, 0.29) is 0 Å². The molecule has 0 fully saturated rings. The standard InChI is InChI=1S/C17H22BBrPSi/c1-21(2,3)14-20(18,16-10-5-4-6-11-16)17-12-8-7-9-15(17)13-19/h4-12H,13-14H2,1-3H3.